The maximum Gasteiger partial charge on any atom is 0.248 e. The van der Waals surface area contributed by atoms with Crippen LogP contribution in [0.4, 0.5) is 4.39 Å². The molecule has 1 amide bonds. The monoisotopic (exact) mass is 388 g/mol. The lowest BCUT2D eigenvalue weighted by atomic mass is 9.52. The van der Waals surface area contributed by atoms with Crippen LogP contribution in [0.3, 0.4) is 0 Å². The highest BCUT2D eigenvalue weighted by atomic mass is 19.1. The second kappa shape index (κ2) is 6.94. The normalized spacial score (nSPS) is 26.4. The number of primary amides is 1. The van der Waals surface area contributed by atoms with Crippen LogP contribution in [0.1, 0.15) is 71.8 Å². The van der Waals surface area contributed by atoms with Crippen molar-refractivity contribution in [3.05, 3.63) is 77.2 Å². The number of aromatic nitrogens is 1. The minimum Gasteiger partial charge on any atom is -0.366 e. The van der Waals surface area contributed by atoms with Crippen molar-refractivity contribution < 1.29 is 9.18 Å². The van der Waals surface area contributed by atoms with Crippen LogP contribution >= 0.6 is 0 Å². The van der Waals surface area contributed by atoms with Crippen molar-refractivity contribution in [2.75, 3.05) is 0 Å². The summed E-state index contributed by atoms with van der Waals surface area (Å²) in [5.74, 6) is 0.368. The van der Waals surface area contributed by atoms with Crippen LogP contribution in [-0.2, 0) is 0 Å². The van der Waals surface area contributed by atoms with Crippen molar-refractivity contribution in [1.29, 1.82) is 0 Å². The van der Waals surface area contributed by atoms with E-state index in [0.29, 0.717) is 22.8 Å². The van der Waals surface area contributed by atoms with Crippen LogP contribution in [0.5, 0.6) is 0 Å². The summed E-state index contributed by atoms with van der Waals surface area (Å²) in [4.78, 5) is 16.2. The Kier molecular flexibility index (Phi) is 4.38. The van der Waals surface area contributed by atoms with Crippen molar-refractivity contribution in [2.24, 2.45) is 11.1 Å². The molecule has 1 aromatic heterocycles. The van der Waals surface area contributed by atoms with Crippen molar-refractivity contribution in [3.63, 3.8) is 0 Å². The van der Waals surface area contributed by atoms with Crippen LogP contribution in [-0.4, -0.2) is 10.9 Å². The van der Waals surface area contributed by atoms with Gasteiger partial charge in [0.1, 0.15) is 5.82 Å². The molecule has 3 aromatic rings. The molecular weight excluding hydrogens is 363 g/mol. The van der Waals surface area contributed by atoms with Crippen LogP contribution in [0.2, 0.25) is 0 Å². The highest BCUT2D eigenvalue weighted by Gasteiger charge is 2.47. The van der Waals surface area contributed by atoms with Crippen molar-refractivity contribution in [2.45, 2.75) is 50.4 Å². The first-order valence-electron chi connectivity index (χ1n) is 10.5. The number of carbonyl (C=O) groups is 1. The topological polar surface area (TPSA) is 56.0 Å². The zero-order valence-electron chi connectivity index (χ0n) is 16.4. The zero-order valence-corrected chi connectivity index (χ0v) is 16.4. The summed E-state index contributed by atoms with van der Waals surface area (Å²) in [7, 11) is 0. The Balaban J connectivity index is 1.30. The van der Waals surface area contributed by atoms with Gasteiger partial charge in [-0.2, -0.15) is 0 Å². The summed E-state index contributed by atoms with van der Waals surface area (Å²) >= 11 is 0. The Labute approximate surface area is 170 Å². The summed E-state index contributed by atoms with van der Waals surface area (Å²) in [5.41, 5.74) is 9.85. The molecule has 0 atom stereocenters. The van der Waals surface area contributed by atoms with E-state index in [2.05, 4.69) is 17.1 Å². The molecule has 148 valence electrons. The molecule has 0 radical (unpaired) electrons. The third-order valence-electron chi connectivity index (χ3n) is 7.25. The lowest BCUT2D eigenvalue weighted by Gasteiger charge is -2.52. The smallest absolute Gasteiger partial charge is 0.248 e. The largest absolute Gasteiger partial charge is 0.366 e. The summed E-state index contributed by atoms with van der Waals surface area (Å²) in [6.45, 7) is 0. The molecule has 2 aromatic carbocycles. The number of benzene rings is 2. The molecule has 29 heavy (non-hydrogen) atoms. The Bertz CT molecular complexity index is 1080. The first-order chi connectivity index (χ1) is 14.0. The zero-order chi connectivity index (χ0) is 20.0. The molecule has 0 aliphatic heterocycles. The van der Waals surface area contributed by atoms with Crippen molar-refractivity contribution >= 4 is 16.8 Å². The third kappa shape index (κ3) is 3.21. The summed E-state index contributed by atoms with van der Waals surface area (Å²) in [6.07, 6.45) is 8.74. The molecule has 0 saturated heterocycles. The molecule has 2 saturated carbocycles. The van der Waals surface area contributed by atoms with Gasteiger partial charge in [0, 0.05) is 17.1 Å². The average Bonchev–Trinajstić information content (AvgIpc) is 2.71. The van der Waals surface area contributed by atoms with Crippen molar-refractivity contribution in [1.82, 2.24) is 4.98 Å². The Morgan fingerprint density at radius 1 is 1.00 bits per heavy atom. The van der Waals surface area contributed by atoms with E-state index in [1.165, 1.54) is 24.5 Å². The first-order valence-corrected chi connectivity index (χ1v) is 10.5. The minimum absolute atomic E-state index is 0.200. The molecule has 4 heteroatoms. The molecule has 2 aliphatic carbocycles. The quantitative estimate of drug-likeness (QED) is 0.626. The van der Waals surface area contributed by atoms with Gasteiger partial charge in [-0.25, -0.2) is 4.39 Å². The summed E-state index contributed by atoms with van der Waals surface area (Å²) in [5, 5.41) is 0.954. The van der Waals surface area contributed by atoms with E-state index >= 15 is 0 Å². The van der Waals surface area contributed by atoms with Gasteiger partial charge in [0.25, 0.3) is 0 Å². The van der Waals surface area contributed by atoms with Crippen LogP contribution in [0, 0.1) is 11.2 Å². The van der Waals surface area contributed by atoms with E-state index in [-0.39, 0.29) is 11.7 Å². The lowest BCUT2D eigenvalue weighted by Crippen LogP contribution is -2.39. The maximum absolute atomic E-state index is 13.8. The number of nitrogens with two attached hydrogens (primary N) is 1. The molecule has 2 fully saturated rings. The van der Waals surface area contributed by atoms with Gasteiger partial charge in [-0.05, 0) is 97.2 Å². The lowest BCUT2D eigenvalue weighted by molar-refractivity contribution is 0.0451. The van der Waals surface area contributed by atoms with E-state index in [1.807, 2.05) is 24.4 Å². The SMILES string of the molecule is NC(=O)c1ccccc1C1CC2(CCC(c3ccnc4ccc(F)cc34)CC2)C1. The number of carbonyl (C=O) groups excluding carboxylic acids is 1. The highest BCUT2D eigenvalue weighted by molar-refractivity contribution is 5.94. The van der Waals surface area contributed by atoms with Gasteiger partial charge in [0.05, 0.1) is 5.52 Å². The summed E-state index contributed by atoms with van der Waals surface area (Å²) < 4.78 is 13.8. The minimum atomic E-state index is -0.331. The number of halogens is 1. The number of amides is 1. The van der Waals surface area contributed by atoms with Gasteiger partial charge < -0.3 is 5.73 Å². The van der Waals surface area contributed by atoms with Crippen LogP contribution in [0.25, 0.3) is 10.9 Å². The van der Waals surface area contributed by atoms with E-state index in [0.717, 1.165) is 42.1 Å². The Hall–Kier alpha value is -2.75. The van der Waals surface area contributed by atoms with E-state index < -0.39 is 0 Å². The van der Waals surface area contributed by atoms with Gasteiger partial charge in [0.2, 0.25) is 5.91 Å². The van der Waals surface area contributed by atoms with E-state index in [9.17, 15) is 9.18 Å². The molecular formula is C25H25FN2O. The van der Waals surface area contributed by atoms with E-state index in [4.69, 9.17) is 5.73 Å². The average molecular weight is 388 g/mol. The van der Waals surface area contributed by atoms with Gasteiger partial charge in [-0.3, -0.25) is 9.78 Å². The van der Waals surface area contributed by atoms with Crippen molar-refractivity contribution in [3.8, 4) is 0 Å². The standard InChI is InChI=1S/C25H25FN2O/c26-18-5-6-23-22(13-18)20(9-12-28-23)16-7-10-25(11-8-16)14-17(15-25)19-3-1-2-4-21(19)24(27)29/h1-6,9,12-13,16-17H,7-8,10-11,14-15H2,(H2,27,29). The molecule has 0 unspecified atom stereocenters. The predicted octanol–water partition coefficient (Wildman–Crippen LogP) is 5.69. The molecule has 2 N–H and O–H groups in total. The molecule has 5 rings (SSSR count). The van der Waals surface area contributed by atoms with Gasteiger partial charge in [-0.15, -0.1) is 0 Å². The molecule has 0 bridgehead atoms. The van der Waals surface area contributed by atoms with Gasteiger partial charge in [0.15, 0.2) is 0 Å². The molecule has 3 nitrogen and oxygen atoms in total. The molecule has 2 aliphatic rings. The fourth-order valence-corrected chi connectivity index (χ4v) is 5.73. The van der Waals surface area contributed by atoms with Gasteiger partial charge in [-0.1, -0.05) is 18.2 Å². The number of pyridine rings is 1. The van der Waals surface area contributed by atoms with E-state index in [1.54, 1.807) is 12.1 Å². The molecule has 1 spiro atoms. The number of rotatable bonds is 3. The van der Waals surface area contributed by atoms with Gasteiger partial charge >= 0.3 is 0 Å². The maximum atomic E-state index is 13.8. The number of fused-ring (bicyclic) bond motifs is 1. The first kappa shape index (κ1) is 18.3. The van der Waals surface area contributed by atoms with Crippen LogP contribution in [0.15, 0.2) is 54.7 Å². The fourth-order valence-electron chi connectivity index (χ4n) is 5.73. The highest BCUT2D eigenvalue weighted by Crippen LogP contribution is 2.60. The third-order valence-corrected chi connectivity index (χ3v) is 7.25. The number of hydrogen-bond acceptors (Lipinski definition) is 2. The second-order valence-electron chi connectivity index (χ2n) is 8.89. The Morgan fingerprint density at radius 3 is 2.52 bits per heavy atom. The predicted molar refractivity (Wildman–Crippen MR) is 112 cm³/mol. The Morgan fingerprint density at radius 2 is 1.76 bits per heavy atom. The van der Waals surface area contributed by atoms with Crippen LogP contribution < -0.4 is 5.73 Å². The summed E-state index contributed by atoms with van der Waals surface area (Å²) in [6, 6.07) is 14.7. The fraction of sp³-hybridized carbons (Fsp3) is 0.360. The molecule has 1 heterocycles. The second-order valence-corrected chi connectivity index (χ2v) is 8.89. The number of nitrogens with zero attached hydrogens (tertiary/aromatic N) is 1. The number of hydrogen-bond donors (Lipinski definition) is 1.